The van der Waals surface area contributed by atoms with E-state index in [-0.39, 0.29) is 30.8 Å². The van der Waals surface area contributed by atoms with Crippen molar-refractivity contribution in [2.75, 3.05) is 36.1 Å². The van der Waals surface area contributed by atoms with Gasteiger partial charge in [-0.3, -0.25) is 14.4 Å². The highest BCUT2D eigenvalue weighted by Gasteiger charge is 2.80. The Morgan fingerprint density at radius 3 is 2.33 bits per heavy atom. The quantitative estimate of drug-likeness (QED) is 0.193. The summed E-state index contributed by atoms with van der Waals surface area (Å²) in [6, 6.07) is 20.3. The molecule has 3 aromatic carbocycles. The maximum atomic E-state index is 15.4. The van der Waals surface area contributed by atoms with E-state index < -0.39 is 47.6 Å². The molecule has 3 fully saturated rings. The minimum Gasteiger partial charge on any atom is -0.494 e. The number of aliphatic hydroxyl groups is 1. The molecule has 3 aliphatic heterocycles. The third kappa shape index (κ3) is 6.12. The van der Waals surface area contributed by atoms with Gasteiger partial charge in [-0.05, 0) is 81.0 Å². The summed E-state index contributed by atoms with van der Waals surface area (Å²) in [6.07, 6.45) is 3.94. The van der Waals surface area contributed by atoms with Crippen molar-refractivity contribution in [3.05, 3.63) is 114 Å². The zero-order chi connectivity index (χ0) is 37.4. The van der Waals surface area contributed by atoms with Gasteiger partial charge >= 0.3 is 0 Å². The second-order valence-electron chi connectivity index (χ2n) is 14.3. The summed E-state index contributed by atoms with van der Waals surface area (Å²) in [5.41, 5.74) is 0.378. The van der Waals surface area contributed by atoms with Crippen molar-refractivity contribution >= 4 is 40.7 Å². The van der Waals surface area contributed by atoms with Gasteiger partial charge in [0.2, 0.25) is 11.8 Å². The molecule has 0 saturated carbocycles. The molecule has 6 rings (SSSR count). The molecule has 9 nitrogen and oxygen atoms in total. The van der Waals surface area contributed by atoms with Crippen LogP contribution in [0.1, 0.15) is 38.3 Å². The number of rotatable bonds is 14. The standard InChI is InChI=1S/C42H48ClN3O6/c1-7-22-44(30-18-20-32(21-19-30)51-9-3)38(48)34-35-39(49)46(31(26-47)24-29-15-11-10-12-16-29)37(42(35)25-28(5)41(34,6)52-42)40(50)45(23-8-2)36-27(4)14-13-17-33(36)43/h7-8,10-21,28,31,34-35,37,47H,1-2,9,22-26H2,3-6H3/t28?,31-,34-,35+,37?,41+,42?/m1/s1. The Balaban J connectivity index is 1.50. The van der Waals surface area contributed by atoms with Gasteiger partial charge in [-0.15, -0.1) is 13.2 Å². The molecule has 1 N–H and O–H groups in total. The number of halogens is 1. The van der Waals surface area contributed by atoms with Crippen LogP contribution < -0.4 is 14.5 Å². The summed E-state index contributed by atoms with van der Waals surface area (Å²) in [6.45, 7) is 16.0. The number of anilines is 2. The average Bonchev–Trinajstić information content (AvgIpc) is 3.65. The summed E-state index contributed by atoms with van der Waals surface area (Å²) in [7, 11) is 0. The predicted octanol–water partition coefficient (Wildman–Crippen LogP) is 6.40. The zero-order valence-corrected chi connectivity index (χ0v) is 31.1. The van der Waals surface area contributed by atoms with Crippen molar-refractivity contribution in [2.24, 2.45) is 17.8 Å². The molecule has 0 radical (unpaired) electrons. The number of likely N-dealkylation sites (tertiary alicyclic amines) is 1. The van der Waals surface area contributed by atoms with Crippen molar-refractivity contribution < 1.29 is 29.0 Å². The molecule has 3 aliphatic rings. The molecule has 0 aromatic heterocycles. The fourth-order valence-electron chi connectivity index (χ4n) is 8.90. The van der Waals surface area contributed by atoms with Crippen molar-refractivity contribution in [1.29, 1.82) is 0 Å². The van der Waals surface area contributed by atoms with E-state index in [0.29, 0.717) is 41.6 Å². The fraction of sp³-hybridized carbons (Fsp3) is 0.405. The van der Waals surface area contributed by atoms with Gasteiger partial charge in [-0.1, -0.05) is 73.1 Å². The Morgan fingerprint density at radius 2 is 1.71 bits per heavy atom. The smallest absolute Gasteiger partial charge is 0.253 e. The maximum Gasteiger partial charge on any atom is 0.253 e. The number of aryl methyl sites for hydroxylation is 1. The van der Waals surface area contributed by atoms with Crippen LogP contribution in [0.15, 0.2) is 98.1 Å². The number of carbonyl (C=O) groups excluding carboxylic acids is 3. The molecule has 7 atom stereocenters. The van der Waals surface area contributed by atoms with Crippen LogP contribution in [0, 0.1) is 24.7 Å². The van der Waals surface area contributed by atoms with Crippen LogP contribution in [-0.2, 0) is 25.5 Å². The summed E-state index contributed by atoms with van der Waals surface area (Å²) in [4.78, 5) is 50.4. The molecule has 3 saturated heterocycles. The Bertz CT molecular complexity index is 1810. The predicted molar refractivity (Wildman–Crippen MR) is 204 cm³/mol. The highest BCUT2D eigenvalue weighted by atomic mass is 35.5. The van der Waals surface area contributed by atoms with Crippen molar-refractivity contribution in [3.63, 3.8) is 0 Å². The molecule has 3 aromatic rings. The number of fused-ring (bicyclic) bond motifs is 1. The van der Waals surface area contributed by atoms with Gasteiger partial charge in [-0.25, -0.2) is 0 Å². The Morgan fingerprint density at radius 1 is 1.04 bits per heavy atom. The van der Waals surface area contributed by atoms with Gasteiger partial charge in [0.05, 0.1) is 47.4 Å². The molecule has 3 heterocycles. The average molecular weight is 726 g/mol. The third-order valence-corrected chi connectivity index (χ3v) is 11.5. The lowest BCUT2D eigenvalue weighted by Crippen LogP contribution is -2.59. The monoisotopic (exact) mass is 725 g/mol. The van der Waals surface area contributed by atoms with Crippen LogP contribution in [0.3, 0.4) is 0 Å². The molecule has 52 heavy (non-hydrogen) atoms. The van der Waals surface area contributed by atoms with E-state index in [1.807, 2.05) is 94.4 Å². The van der Waals surface area contributed by atoms with E-state index in [2.05, 4.69) is 13.2 Å². The van der Waals surface area contributed by atoms with Gasteiger partial charge in [-0.2, -0.15) is 0 Å². The number of nitrogens with zero attached hydrogens (tertiary/aromatic N) is 3. The molecule has 274 valence electrons. The molecule has 2 bridgehead atoms. The van der Waals surface area contributed by atoms with Crippen molar-refractivity contribution in [3.8, 4) is 5.75 Å². The number of ether oxygens (including phenoxy) is 2. The van der Waals surface area contributed by atoms with Gasteiger partial charge in [0.15, 0.2) is 0 Å². The van der Waals surface area contributed by atoms with Crippen LogP contribution in [0.25, 0.3) is 0 Å². The lowest BCUT2D eigenvalue weighted by Gasteiger charge is -2.40. The fourth-order valence-corrected chi connectivity index (χ4v) is 9.23. The molecule has 3 amide bonds. The van der Waals surface area contributed by atoms with Gasteiger partial charge in [0.25, 0.3) is 5.91 Å². The summed E-state index contributed by atoms with van der Waals surface area (Å²) >= 11 is 6.78. The number of hydrogen-bond donors (Lipinski definition) is 1. The van der Waals surface area contributed by atoms with Crippen molar-refractivity contribution in [2.45, 2.75) is 63.8 Å². The number of carbonyl (C=O) groups is 3. The molecule has 1 spiro atoms. The van der Waals surface area contributed by atoms with Gasteiger partial charge in [0.1, 0.15) is 17.4 Å². The van der Waals surface area contributed by atoms with E-state index in [9.17, 15) is 5.11 Å². The first-order valence-electron chi connectivity index (χ1n) is 18.0. The highest BCUT2D eigenvalue weighted by Crippen LogP contribution is 2.66. The summed E-state index contributed by atoms with van der Waals surface area (Å²) < 4.78 is 12.7. The number of para-hydroxylation sites is 1. The van der Waals surface area contributed by atoms with Crippen molar-refractivity contribution in [1.82, 2.24) is 4.90 Å². The van der Waals surface area contributed by atoms with Gasteiger partial charge < -0.3 is 29.3 Å². The van der Waals surface area contributed by atoms with Crippen LogP contribution >= 0.6 is 11.6 Å². The van der Waals surface area contributed by atoms with Crippen LogP contribution in [0.5, 0.6) is 5.75 Å². The zero-order valence-electron chi connectivity index (χ0n) is 30.3. The Labute approximate surface area is 311 Å². The lowest BCUT2D eigenvalue weighted by atomic mass is 9.62. The molecular weight excluding hydrogens is 678 g/mol. The van der Waals surface area contributed by atoms with E-state index in [4.69, 9.17) is 21.1 Å². The number of aliphatic hydroxyl groups excluding tert-OH is 1. The Hall–Kier alpha value is -4.44. The first-order chi connectivity index (χ1) is 25.0. The largest absolute Gasteiger partial charge is 0.494 e. The summed E-state index contributed by atoms with van der Waals surface area (Å²) in [5, 5.41) is 11.4. The first kappa shape index (κ1) is 37.3. The first-order valence-corrected chi connectivity index (χ1v) is 18.3. The van der Waals surface area contributed by atoms with E-state index in [1.54, 1.807) is 28.0 Å². The van der Waals surface area contributed by atoms with E-state index >= 15 is 14.4 Å². The number of benzene rings is 3. The molecule has 3 unspecified atom stereocenters. The molecule has 0 aliphatic carbocycles. The van der Waals surface area contributed by atoms with Gasteiger partial charge in [0, 0.05) is 18.8 Å². The maximum absolute atomic E-state index is 15.4. The number of amides is 3. The van der Waals surface area contributed by atoms with E-state index in [0.717, 1.165) is 11.1 Å². The topological polar surface area (TPSA) is 99.6 Å². The molecule has 10 heteroatoms. The molecular formula is C42H48ClN3O6. The highest BCUT2D eigenvalue weighted by molar-refractivity contribution is 6.34. The van der Waals surface area contributed by atoms with Crippen LogP contribution in [0.4, 0.5) is 11.4 Å². The lowest BCUT2D eigenvalue weighted by molar-refractivity contribution is -0.149. The summed E-state index contributed by atoms with van der Waals surface area (Å²) in [5.74, 6) is -2.52. The van der Waals surface area contributed by atoms with Crippen LogP contribution in [0.2, 0.25) is 5.02 Å². The minimum atomic E-state index is -1.36. The van der Waals surface area contributed by atoms with Crippen LogP contribution in [-0.4, -0.2) is 77.3 Å². The number of hydrogen-bond acceptors (Lipinski definition) is 6. The Kier molecular flexibility index (Phi) is 10.7. The normalized spacial score (nSPS) is 26.5. The SMILES string of the molecule is C=CCN(C(=O)[C@H]1[C@H]2C(=O)N([C@@H](CO)Cc3ccccc3)C(C(=O)N(CC=C)c3c(C)cccc3Cl)C23CC(C)[C@]1(C)O3)c1ccc(OCC)cc1. The second kappa shape index (κ2) is 14.9. The van der Waals surface area contributed by atoms with E-state index in [1.165, 1.54) is 4.90 Å². The third-order valence-electron chi connectivity index (χ3n) is 11.2. The minimum absolute atomic E-state index is 0.116. The second-order valence-corrected chi connectivity index (χ2v) is 14.7.